The maximum Gasteiger partial charge on any atom is 0.511 e. The second-order valence-corrected chi connectivity index (χ2v) is 7.45. The molecule has 10 heteroatoms. The Morgan fingerprint density at radius 3 is 2.40 bits per heavy atom. The zero-order valence-corrected chi connectivity index (χ0v) is 19.9. The summed E-state index contributed by atoms with van der Waals surface area (Å²) in [6, 6.07) is 12.3. The minimum Gasteiger partial charge on any atom is -0.431 e. The van der Waals surface area contributed by atoms with E-state index in [1.165, 1.54) is 10.9 Å². The minimum absolute atomic E-state index is 0.0293. The first-order chi connectivity index (χ1) is 17.0. The normalized spacial score (nSPS) is 10.6. The van der Waals surface area contributed by atoms with E-state index in [2.05, 4.69) is 15.4 Å². The Kier molecular flexibility index (Phi) is 8.94. The molecule has 0 aliphatic rings. The third kappa shape index (κ3) is 6.44. The molecule has 0 aliphatic heterocycles. The van der Waals surface area contributed by atoms with E-state index in [-0.39, 0.29) is 29.6 Å². The van der Waals surface area contributed by atoms with Crippen molar-refractivity contribution < 1.29 is 23.8 Å². The van der Waals surface area contributed by atoms with E-state index in [9.17, 15) is 14.4 Å². The zero-order chi connectivity index (χ0) is 25.2. The molecule has 0 saturated carbocycles. The molecule has 0 saturated heterocycles. The quantitative estimate of drug-likeness (QED) is 0.329. The maximum atomic E-state index is 13.2. The number of pyridine rings is 1. The predicted molar refractivity (Wildman–Crippen MR) is 129 cm³/mol. The molecule has 0 spiro atoms. The van der Waals surface area contributed by atoms with Gasteiger partial charge in [-0.05, 0) is 31.9 Å². The lowest BCUT2D eigenvalue weighted by atomic mass is 10.0. The van der Waals surface area contributed by atoms with Crippen molar-refractivity contribution in [2.45, 2.75) is 46.3 Å². The Labute approximate surface area is 202 Å². The van der Waals surface area contributed by atoms with Gasteiger partial charge in [-0.1, -0.05) is 44.2 Å². The van der Waals surface area contributed by atoms with Crippen molar-refractivity contribution in [3.63, 3.8) is 0 Å². The molecule has 184 valence electrons. The van der Waals surface area contributed by atoms with Crippen LogP contribution in [0.5, 0.6) is 0 Å². The monoisotopic (exact) mass is 480 g/mol. The summed E-state index contributed by atoms with van der Waals surface area (Å²) in [4.78, 5) is 42.3. The molecule has 2 heterocycles. The number of ether oxygens (including phenoxy) is 3. The van der Waals surface area contributed by atoms with E-state index in [4.69, 9.17) is 14.2 Å². The van der Waals surface area contributed by atoms with Gasteiger partial charge in [0.1, 0.15) is 23.0 Å². The topological polar surface area (TPSA) is 122 Å². The van der Waals surface area contributed by atoms with Crippen molar-refractivity contribution in [3.8, 4) is 11.3 Å². The van der Waals surface area contributed by atoms with Crippen molar-refractivity contribution >= 4 is 23.5 Å². The van der Waals surface area contributed by atoms with Crippen molar-refractivity contribution in [2.75, 3.05) is 12.1 Å². The number of rotatable bonds is 10. The van der Waals surface area contributed by atoms with Crippen molar-refractivity contribution in [2.24, 2.45) is 0 Å². The average Bonchev–Trinajstić information content (AvgIpc) is 2.89. The van der Waals surface area contributed by atoms with Crippen LogP contribution in [0.25, 0.3) is 11.3 Å². The molecule has 0 bridgehead atoms. The van der Waals surface area contributed by atoms with Crippen molar-refractivity contribution in [1.29, 1.82) is 0 Å². The third-order valence-corrected chi connectivity index (χ3v) is 5.18. The third-order valence-electron chi connectivity index (χ3n) is 5.18. The fraction of sp³-hybridized carbons (Fsp3) is 0.320. The number of benzene rings is 1. The molecule has 0 radical (unpaired) electrons. The van der Waals surface area contributed by atoms with Gasteiger partial charge in [0, 0.05) is 18.3 Å². The molecule has 1 N–H and O–H groups in total. The van der Waals surface area contributed by atoms with E-state index >= 15 is 0 Å². The van der Waals surface area contributed by atoms with Gasteiger partial charge in [-0.3, -0.25) is 9.78 Å². The lowest BCUT2D eigenvalue weighted by molar-refractivity contribution is -0.0394. The highest BCUT2D eigenvalue weighted by Gasteiger charge is 2.26. The molecule has 0 amide bonds. The summed E-state index contributed by atoms with van der Waals surface area (Å²) in [6.45, 7) is 5.13. The Balaban J connectivity index is 1.97. The lowest BCUT2D eigenvalue weighted by Crippen LogP contribution is -2.29. The van der Waals surface area contributed by atoms with E-state index in [0.717, 1.165) is 0 Å². The van der Waals surface area contributed by atoms with E-state index in [0.29, 0.717) is 24.1 Å². The molecule has 0 fully saturated rings. The molecular weight excluding hydrogens is 452 g/mol. The first-order valence-corrected chi connectivity index (χ1v) is 11.4. The van der Waals surface area contributed by atoms with Gasteiger partial charge in [0.05, 0.1) is 11.9 Å². The van der Waals surface area contributed by atoms with Crippen LogP contribution >= 0.6 is 0 Å². The molecule has 0 atom stereocenters. The van der Waals surface area contributed by atoms with Crippen molar-refractivity contribution in [1.82, 2.24) is 14.8 Å². The molecule has 0 unspecified atom stereocenters. The van der Waals surface area contributed by atoms with Crippen molar-refractivity contribution in [3.05, 3.63) is 70.8 Å². The zero-order valence-electron chi connectivity index (χ0n) is 19.9. The van der Waals surface area contributed by atoms with Gasteiger partial charge in [-0.2, -0.15) is 5.10 Å². The van der Waals surface area contributed by atoms with Crippen LogP contribution in [0, 0.1) is 0 Å². The van der Waals surface area contributed by atoms with E-state index in [1.54, 1.807) is 49.5 Å². The fourth-order valence-electron chi connectivity index (χ4n) is 3.31. The largest absolute Gasteiger partial charge is 0.511 e. The number of nitrogens with one attached hydrogen (secondary N) is 1. The summed E-state index contributed by atoms with van der Waals surface area (Å²) in [6.07, 6.45) is 3.14. The van der Waals surface area contributed by atoms with Crippen LogP contribution in [0.2, 0.25) is 0 Å². The van der Waals surface area contributed by atoms with Gasteiger partial charge in [0.15, 0.2) is 0 Å². The van der Waals surface area contributed by atoms with Gasteiger partial charge < -0.3 is 19.5 Å². The van der Waals surface area contributed by atoms with Crippen LogP contribution in [0.4, 0.5) is 16.2 Å². The number of carbonyl (C=O) groups is 2. The van der Waals surface area contributed by atoms with Crippen LogP contribution in [-0.2, 0) is 20.8 Å². The summed E-state index contributed by atoms with van der Waals surface area (Å²) in [7, 11) is 0. The highest BCUT2D eigenvalue weighted by atomic mass is 16.8. The molecule has 10 nitrogen and oxygen atoms in total. The van der Waals surface area contributed by atoms with E-state index in [1.807, 2.05) is 19.9 Å². The summed E-state index contributed by atoms with van der Waals surface area (Å²) in [5, 5.41) is 7.38. The van der Waals surface area contributed by atoms with Gasteiger partial charge in [0.2, 0.25) is 6.79 Å². The number of anilines is 2. The van der Waals surface area contributed by atoms with Crippen LogP contribution in [0.15, 0.2) is 59.7 Å². The Hall–Kier alpha value is -4.21. The number of carbonyl (C=O) groups excluding carboxylic acids is 2. The highest BCUT2D eigenvalue weighted by Crippen LogP contribution is 2.27. The second kappa shape index (κ2) is 12.3. The SMILES string of the molecule is CCC(CC)OC(=O)OCOC(=O)c1c(-c2ccccc2)nn(CC)c(=O)c1Nc1cccnc1. The summed E-state index contributed by atoms with van der Waals surface area (Å²) < 4.78 is 16.5. The summed E-state index contributed by atoms with van der Waals surface area (Å²) in [5.41, 5.74) is 0.701. The standard InChI is InChI=1S/C25H28N4O6/c1-4-19(5-2)35-25(32)34-16-33-24(31)20-21(17-11-8-7-9-12-17)28-29(6-3)23(30)22(20)27-18-13-10-14-26-15-18/h7-15,19,27H,4-6,16H2,1-3H3. The second-order valence-electron chi connectivity index (χ2n) is 7.45. The highest BCUT2D eigenvalue weighted by molar-refractivity contribution is 6.02. The van der Waals surface area contributed by atoms with Crippen LogP contribution in [0.3, 0.4) is 0 Å². The molecule has 0 aliphatic carbocycles. The average molecular weight is 481 g/mol. The number of esters is 1. The van der Waals surface area contributed by atoms with Crippen LogP contribution in [0.1, 0.15) is 44.0 Å². The fourth-order valence-corrected chi connectivity index (χ4v) is 3.31. The summed E-state index contributed by atoms with van der Waals surface area (Å²) in [5.74, 6) is -0.890. The Morgan fingerprint density at radius 2 is 1.77 bits per heavy atom. The molecule has 1 aromatic carbocycles. The number of hydrogen-bond acceptors (Lipinski definition) is 9. The predicted octanol–water partition coefficient (Wildman–Crippen LogP) is 4.52. The Bertz CT molecular complexity index is 1190. The molecule has 3 rings (SSSR count). The van der Waals surface area contributed by atoms with Crippen LogP contribution < -0.4 is 10.9 Å². The number of aromatic nitrogens is 3. The smallest absolute Gasteiger partial charge is 0.431 e. The molecular formula is C25H28N4O6. The van der Waals surface area contributed by atoms with Gasteiger partial charge in [-0.15, -0.1) is 0 Å². The Morgan fingerprint density at radius 1 is 1.03 bits per heavy atom. The van der Waals surface area contributed by atoms with E-state index < -0.39 is 24.5 Å². The molecule has 3 aromatic rings. The summed E-state index contributed by atoms with van der Waals surface area (Å²) >= 11 is 0. The number of nitrogens with zero attached hydrogens (tertiary/aromatic N) is 3. The lowest BCUT2D eigenvalue weighted by Gasteiger charge is -2.17. The minimum atomic E-state index is -0.942. The maximum absolute atomic E-state index is 13.2. The first kappa shape index (κ1) is 25.4. The van der Waals surface area contributed by atoms with Gasteiger partial charge in [-0.25, -0.2) is 14.3 Å². The molecule has 35 heavy (non-hydrogen) atoms. The van der Waals surface area contributed by atoms with Crippen LogP contribution in [-0.4, -0.2) is 39.8 Å². The van der Waals surface area contributed by atoms with Gasteiger partial charge >= 0.3 is 12.1 Å². The first-order valence-electron chi connectivity index (χ1n) is 11.4. The molecule has 2 aromatic heterocycles. The van der Waals surface area contributed by atoms with Gasteiger partial charge in [0.25, 0.3) is 5.56 Å². The number of aryl methyl sites for hydroxylation is 1. The number of hydrogen-bond donors (Lipinski definition) is 1.